The van der Waals surface area contributed by atoms with E-state index in [0.29, 0.717) is 16.0 Å². The van der Waals surface area contributed by atoms with Gasteiger partial charge in [-0.1, -0.05) is 19.3 Å². The topological polar surface area (TPSA) is 79.4 Å². The summed E-state index contributed by atoms with van der Waals surface area (Å²) in [6, 6.07) is 10.2. The first-order valence-corrected chi connectivity index (χ1v) is 16.9. The van der Waals surface area contributed by atoms with Crippen LogP contribution in [0.25, 0.3) is 32.3 Å². The van der Waals surface area contributed by atoms with Gasteiger partial charge in [-0.25, -0.2) is 23.3 Å². The van der Waals surface area contributed by atoms with Gasteiger partial charge in [-0.05, 0) is 90.6 Å². The number of nitriles is 1. The zero-order chi connectivity index (χ0) is 33.6. The summed E-state index contributed by atoms with van der Waals surface area (Å²) in [6.45, 7) is 9.17. The largest absolute Gasteiger partial charge is 0.289 e. The molecule has 2 aromatic carbocycles. The third-order valence-corrected chi connectivity index (χ3v) is 12.2. The van der Waals surface area contributed by atoms with Gasteiger partial charge in [0.15, 0.2) is 29.0 Å². The highest BCUT2D eigenvalue weighted by atomic mass is 32.1. The van der Waals surface area contributed by atoms with Crippen LogP contribution in [0.15, 0.2) is 53.2 Å². The fourth-order valence-corrected chi connectivity index (χ4v) is 10.2. The van der Waals surface area contributed by atoms with E-state index < -0.39 is 34.8 Å². The molecular weight excluding hydrogens is 654 g/mol. The molecule has 2 aromatic heterocycles. The summed E-state index contributed by atoms with van der Waals surface area (Å²) < 4.78 is 42.4. The number of rotatable bonds is 2. The van der Waals surface area contributed by atoms with Gasteiger partial charge in [0.25, 0.3) is 5.70 Å². The summed E-state index contributed by atoms with van der Waals surface area (Å²) >= 11 is 2.90. The molecule has 0 amide bonds. The summed E-state index contributed by atoms with van der Waals surface area (Å²) in [4.78, 5) is 46.7. The van der Waals surface area contributed by atoms with Crippen molar-refractivity contribution in [1.29, 1.82) is 5.26 Å². The standard InChI is InChI=1S/C38H21F3N2O3S2/c1-17-8-20-21(13-28(17)39)33(44)24(32(20)31(16-42)43-2)9-18-11-26-36(47-18)37-27(38(26)6-4-3-5-7-38)12-19(48-37)10-25-34(45)22-14-29(40)30(41)15-23(22)35(25)46/h8-15H,3-7H2,1H3/b24-9-,32-31?. The zero-order valence-corrected chi connectivity index (χ0v) is 26.9. The molecule has 1 saturated carbocycles. The number of carbonyl (C=O) groups excluding carboxylic acids is 3. The molecule has 8 rings (SSSR count). The zero-order valence-electron chi connectivity index (χ0n) is 25.2. The van der Waals surface area contributed by atoms with Crippen LogP contribution in [-0.4, -0.2) is 17.3 Å². The maximum absolute atomic E-state index is 14.5. The maximum Gasteiger partial charge on any atom is 0.270 e. The number of aryl methyl sites for hydroxylation is 1. The normalized spacial score (nSPS) is 18.9. The molecule has 0 N–H and O–H groups in total. The number of allylic oxidation sites excluding steroid dienone is 4. The monoisotopic (exact) mass is 674 g/mol. The highest BCUT2D eigenvalue weighted by molar-refractivity contribution is 7.23. The van der Waals surface area contributed by atoms with Gasteiger partial charge in [0.2, 0.25) is 0 Å². The Kier molecular flexibility index (Phi) is 6.72. The molecule has 4 aliphatic rings. The fraction of sp³-hybridized carbons (Fsp3) is 0.184. The molecule has 1 fully saturated rings. The Bertz CT molecular complexity index is 2350. The van der Waals surface area contributed by atoms with E-state index in [1.807, 2.05) is 12.1 Å². The minimum Gasteiger partial charge on any atom is -0.289 e. The van der Waals surface area contributed by atoms with Crippen molar-refractivity contribution in [1.82, 2.24) is 0 Å². The molecule has 0 unspecified atom stereocenters. The molecule has 234 valence electrons. The third-order valence-electron chi connectivity index (χ3n) is 9.84. The number of thiophene rings is 2. The van der Waals surface area contributed by atoms with Crippen molar-refractivity contribution in [2.75, 3.05) is 0 Å². The minimum atomic E-state index is -1.19. The number of benzene rings is 2. The lowest BCUT2D eigenvalue weighted by atomic mass is 9.68. The van der Waals surface area contributed by atoms with Crippen molar-refractivity contribution in [2.45, 2.75) is 44.4 Å². The number of nitrogens with zero attached hydrogens (tertiary/aromatic N) is 2. The van der Waals surface area contributed by atoms with E-state index in [9.17, 15) is 32.8 Å². The van der Waals surface area contributed by atoms with Crippen molar-refractivity contribution in [3.63, 3.8) is 0 Å². The highest BCUT2D eigenvalue weighted by Crippen LogP contribution is 2.61. The van der Waals surface area contributed by atoms with Crippen molar-refractivity contribution < 1.29 is 27.6 Å². The van der Waals surface area contributed by atoms with Gasteiger partial charge in [-0.2, -0.15) is 0 Å². The van der Waals surface area contributed by atoms with Gasteiger partial charge in [-0.15, -0.1) is 22.7 Å². The molecule has 4 aromatic rings. The first-order valence-electron chi connectivity index (χ1n) is 15.2. The second kappa shape index (κ2) is 10.7. The lowest BCUT2D eigenvalue weighted by Crippen LogP contribution is -2.27. The first-order chi connectivity index (χ1) is 23.1. The summed E-state index contributed by atoms with van der Waals surface area (Å²) in [5.74, 6) is -4.65. The molecule has 48 heavy (non-hydrogen) atoms. The smallest absolute Gasteiger partial charge is 0.270 e. The summed E-state index contributed by atoms with van der Waals surface area (Å²) in [6.07, 6.45) is 8.07. The molecule has 2 heterocycles. The number of carbonyl (C=O) groups is 3. The van der Waals surface area contributed by atoms with E-state index in [2.05, 4.69) is 10.9 Å². The van der Waals surface area contributed by atoms with Crippen LogP contribution >= 0.6 is 22.7 Å². The van der Waals surface area contributed by atoms with E-state index in [1.54, 1.807) is 13.0 Å². The molecule has 5 nitrogen and oxygen atoms in total. The van der Waals surface area contributed by atoms with Gasteiger partial charge in [-0.3, -0.25) is 14.4 Å². The van der Waals surface area contributed by atoms with Crippen LogP contribution < -0.4 is 0 Å². The van der Waals surface area contributed by atoms with Crippen LogP contribution in [0.1, 0.15) is 95.2 Å². The van der Waals surface area contributed by atoms with Gasteiger partial charge in [0.05, 0.1) is 18.2 Å². The van der Waals surface area contributed by atoms with E-state index in [1.165, 1.54) is 34.8 Å². The van der Waals surface area contributed by atoms with Gasteiger partial charge < -0.3 is 0 Å². The van der Waals surface area contributed by atoms with Crippen molar-refractivity contribution in [2.24, 2.45) is 0 Å². The average molecular weight is 675 g/mol. The SMILES string of the molecule is [C-]#[N+]C(C#N)=C1/C(=C/c2cc3c(s2)-c2sc(C=C4C(=O)c5cc(F)c(F)cc5C4=O)cc2C32CCCCC2)C(=O)c2cc(F)c(C)cc21. The van der Waals surface area contributed by atoms with Gasteiger partial charge in [0, 0.05) is 52.8 Å². The Labute approximate surface area is 280 Å². The maximum atomic E-state index is 14.5. The van der Waals surface area contributed by atoms with Crippen LogP contribution in [-0.2, 0) is 5.41 Å². The minimum absolute atomic E-state index is 0.116. The predicted octanol–water partition coefficient (Wildman–Crippen LogP) is 9.66. The Hall–Kier alpha value is -5.16. The van der Waals surface area contributed by atoms with E-state index in [0.717, 1.165) is 76.1 Å². The molecule has 0 radical (unpaired) electrons. The summed E-state index contributed by atoms with van der Waals surface area (Å²) in [7, 11) is 0. The van der Waals surface area contributed by atoms with Crippen LogP contribution in [0.5, 0.6) is 0 Å². The number of hydrogen-bond acceptors (Lipinski definition) is 6. The number of ketones is 3. The van der Waals surface area contributed by atoms with Gasteiger partial charge >= 0.3 is 0 Å². The number of halogens is 3. The predicted molar refractivity (Wildman–Crippen MR) is 177 cm³/mol. The molecule has 4 aliphatic carbocycles. The van der Waals surface area contributed by atoms with Crippen LogP contribution in [0, 0.1) is 42.3 Å². The third kappa shape index (κ3) is 4.16. The Balaban J connectivity index is 1.25. The first kappa shape index (κ1) is 30.2. The Morgan fingerprint density at radius 2 is 1.27 bits per heavy atom. The Morgan fingerprint density at radius 1 is 0.771 bits per heavy atom. The summed E-state index contributed by atoms with van der Waals surface area (Å²) in [5, 5.41) is 9.78. The molecule has 0 saturated heterocycles. The molecule has 0 atom stereocenters. The number of fused-ring (bicyclic) bond motifs is 7. The molecule has 10 heteroatoms. The highest BCUT2D eigenvalue weighted by Gasteiger charge is 2.47. The molecule has 0 aliphatic heterocycles. The van der Waals surface area contributed by atoms with Crippen molar-refractivity contribution >= 4 is 57.7 Å². The quantitative estimate of drug-likeness (QED) is 0.0918. The van der Waals surface area contributed by atoms with Crippen molar-refractivity contribution in [3.05, 3.63) is 131 Å². The van der Waals surface area contributed by atoms with E-state index in [4.69, 9.17) is 6.57 Å². The van der Waals surface area contributed by atoms with Crippen LogP contribution in [0.3, 0.4) is 0 Å². The Morgan fingerprint density at radius 3 is 1.81 bits per heavy atom. The summed E-state index contributed by atoms with van der Waals surface area (Å²) in [5.41, 5.74) is 2.42. The van der Waals surface area contributed by atoms with E-state index in [-0.39, 0.29) is 44.5 Å². The van der Waals surface area contributed by atoms with Gasteiger partial charge in [0.1, 0.15) is 5.82 Å². The molecule has 0 bridgehead atoms. The molecule has 1 spiro atoms. The van der Waals surface area contributed by atoms with Crippen LogP contribution in [0.4, 0.5) is 13.2 Å². The molecular formula is C38H21F3N2O3S2. The second-order valence-electron chi connectivity index (χ2n) is 12.4. The number of hydrogen-bond donors (Lipinski definition) is 0. The van der Waals surface area contributed by atoms with Crippen LogP contribution in [0.2, 0.25) is 0 Å². The second-order valence-corrected chi connectivity index (χ2v) is 14.6. The lowest BCUT2D eigenvalue weighted by Gasteiger charge is -2.34. The lowest BCUT2D eigenvalue weighted by molar-refractivity contribution is 0.0988. The van der Waals surface area contributed by atoms with Crippen molar-refractivity contribution in [3.8, 4) is 15.8 Å². The average Bonchev–Trinajstić information content (AvgIpc) is 3.84. The number of Topliss-reactive ketones (excluding diaryl/α,β-unsaturated/α-hetero) is 3. The van der Waals surface area contributed by atoms with E-state index >= 15 is 0 Å². The fourth-order valence-electron chi connectivity index (χ4n) is 7.59.